The zero-order valence-corrected chi connectivity index (χ0v) is 14.7. The molecule has 2 aliphatic heterocycles. The van der Waals surface area contributed by atoms with Crippen molar-refractivity contribution in [1.82, 2.24) is 19.4 Å². The molecule has 4 heterocycles. The number of carbonyl (C=O) groups is 1. The largest absolute Gasteiger partial charge is 0.454 e. The molecule has 0 saturated carbocycles. The van der Waals surface area contributed by atoms with Gasteiger partial charge in [-0.15, -0.1) is 0 Å². The third kappa shape index (κ3) is 3.09. The number of piperazine rings is 1. The number of likely N-dealkylation sites (N-methyl/N-ethyl adjacent to an activating group) is 1. The Bertz CT molecular complexity index is 874. The first-order valence-corrected chi connectivity index (χ1v) is 10.0. The first kappa shape index (κ1) is 16.3. The SMILES string of the molecule is CN1CCN(C(=O)c2ccc(Cn3ccnc3)o2)[C@@H]2CS(=O)(=O)C[C@@H]21. The Morgan fingerprint density at radius 2 is 2.08 bits per heavy atom. The van der Waals surface area contributed by atoms with Crippen LogP contribution in [0.1, 0.15) is 16.3 Å². The van der Waals surface area contributed by atoms with Crippen LogP contribution in [0.4, 0.5) is 0 Å². The molecule has 1 amide bonds. The number of sulfone groups is 1. The van der Waals surface area contributed by atoms with E-state index in [0.29, 0.717) is 25.4 Å². The van der Waals surface area contributed by atoms with Crippen LogP contribution in [0.25, 0.3) is 0 Å². The van der Waals surface area contributed by atoms with E-state index < -0.39 is 9.84 Å². The lowest BCUT2D eigenvalue weighted by atomic mass is 10.1. The quantitative estimate of drug-likeness (QED) is 0.766. The normalized spacial score (nSPS) is 25.9. The molecule has 2 fully saturated rings. The molecule has 0 unspecified atom stereocenters. The Kier molecular flexibility index (Phi) is 3.92. The number of hydrogen-bond donors (Lipinski definition) is 0. The molecule has 0 aromatic carbocycles. The van der Waals surface area contributed by atoms with Crippen LogP contribution in [0.15, 0.2) is 35.3 Å². The Hall–Kier alpha value is -2.13. The molecule has 2 saturated heterocycles. The summed E-state index contributed by atoms with van der Waals surface area (Å²) in [7, 11) is -1.20. The molecular weight excluding hydrogens is 344 g/mol. The molecule has 0 radical (unpaired) electrons. The predicted octanol–water partition coefficient (Wildman–Crippen LogP) is 0.0776. The summed E-state index contributed by atoms with van der Waals surface area (Å²) in [5.41, 5.74) is 0. The van der Waals surface area contributed by atoms with Gasteiger partial charge in [-0.2, -0.15) is 0 Å². The summed E-state index contributed by atoms with van der Waals surface area (Å²) < 4.78 is 31.6. The topological polar surface area (TPSA) is 88.7 Å². The van der Waals surface area contributed by atoms with Crippen LogP contribution in [0.2, 0.25) is 0 Å². The summed E-state index contributed by atoms with van der Waals surface area (Å²) in [6.45, 7) is 1.66. The summed E-state index contributed by atoms with van der Waals surface area (Å²) in [6, 6.07) is 2.99. The lowest BCUT2D eigenvalue weighted by Crippen LogP contribution is -2.59. The van der Waals surface area contributed by atoms with E-state index in [1.807, 2.05) is 22.7 Å². The van der Waals surface area contributed by atoms with Gasteiger partial charge in [-0.05, 0) is 19.2 Å². The molecule has 0 bridgehead atoms. The standard InChI is InChI=1S/C16H20N4O4S/c1-18-6-7-20(14-10-25(22,23)9-13(14)18)16(21)15-3-2-12(24-15)8-19-5-4-17-11-19/h2-5,11,13-14H,6-10H2,1H3/t13-,14+/m0/s1. The number of fused-ring (bicyclic) bond motifs is 1. The van der Waals surface area contributed by atoms with Gasteiger partial charge in [0.25, 0.3) is 5.91 Å². The second-order valence-electron chi connectivity index (χ2n) is 6.69. The molecule has 0 aliphatic carbocycles. The molecule has 2 aliphatic rings. The maximum Gasteiger partial charge on any atom is 0.289 e. The van der Waals surface area contributed by atoms with Gasteiger partial charge in [0, 0.05) is 31.5 Å². The summed E-state index contributed by atoms with van der Waals surface area (Å²) in [6.07, 6.45) is 5.18. The van der Waals surface area contributed by atoms with Crippen LogP contribution < -0.4 is 0 Å². The minimum Gasteiger partial charge on any atom is -0.454 e. The minimum atomic E-state index is -3.12. The molecule has 4 rings (SSSR count). The molecule has 2 aromatic rings. The van der Waals surface area contributed by atoms with Crippen molar-refractivity contribution in [2.75, 3.05) is 31.6 Å². The summed E-state index contributed by atoms with van der Waals surface area (Å²) in [5, 5.41) is 0. The Balaban J connectivity index is 1.53. The maximum atomic E-state index is 12.9. The van der Waals surface area contributed by atoms with Gasteiger partial charge in [0.1, 0.15) is 5.76 Å². The molecule has 25 heavy (non-hydrogen) atoms. The number of rotatable bonds is 3. The van der Waals surface area contributed by atoms with E-state index in [1.54, 1.807) is 29.6 Å². The Morgan fingerprint density at radius 1 is 1.28 bits per heavy atom. The average Bonchev–Trinajstić information content (AvgIpc) is 3.27. The molecule has 0 N–H and O–H groups in total. The van der Waals surface area contributed by atoms with E-state index >= 15 is 0 Å². The van der Waals surface area contributed by atoms with Crippen molar-refractivity contribution in [3.8, 4) is 0 Å². The van der Waals surface area contributed by atoms with Crippen molar-refractivity contribution in [1.29, 1.82) is 0 Å². The number of nitrogens with zero attached hydrogens (tertiary/aromatic N) is 4. The monoisotopic (exact) mass is 364 g/mol. The van der Waals surface area contributed by atoms with Gasteiger partial charge < -0.3 is 13.9 Å². The highest BCUT2D eigenvalue weighted by atomic mass is 32.2. The van der Waals surface area contributed by atoms with Gasteiger partial charge in [0.2, 0.25) is 0 Å². The zero-order valence-electron chi connectivity index (χ0n) is 13.9. The van der Waals surface area contributed by atoms with Crippen LogP contribution in [0.5, 0.6) is 0 Å². The third-order valence-corrected chi connectivity index (χ3v) is 6.68. The number of furan rings is 1. The van der Waals surface area contributed by atoms with Crippen molar-refractivity contribution in [3.05, 3.63) is 42.4 Å². The Morgan fingerprint density at radius 3 is 2.84 bits per heavy atom. The van der Waals surface area contributed by atoms with E-state index in [1.165, 1.54) is 0 Å². The number of imidazole rings is 1. The van der Waals surface area contributed by atoms with E-state index in [0.717, 1.165) is 0 Å². The van der Waals surface area contributed by atoms with Crippen molar-refractivity contribution in [3.63, 3.8) is 0 Å². The molecule has 8 nitrogen and oxygen atoms in total. The van der Waals surface area contributed by atoms with Crippen LogP contribution in [0.3, 0.4) is 0 Å². The lowest BCUT2D eigenvalue weighted by Gasteiger charge is -2.41. The lowest BCUT2D eigenvalue weighted by molar-refractivity contribution is 0.0381. The van der Waals surface area contributed by atoms with Crippen molar-refractivity contribution in [2.24, 2.45) is 0 Å². The fourth-order valence-corrected chi connectivity index (χ4v) is 5.71. The summed E-state index contributed by atoms with van der Waals surface area (Å²) >= 11 is 0. The second-order valence-corrected chi connectivity index (χ2v) is 8.85. The van der Waals surface area contributed by atoms with Gasteiger partial charge in [-0.1, -0.05) is 0 Å². The second kappa shape index (κ2) is 5.99. The molecular formula is C16H20N4O4S. The maximum absolute atomic E-state index is 12.9. The molecule has 2 atom stereocenters. The number of hydrogen-bond acceptors (Lipinski definition) is 6. The van der Waals surface area contributed by atoms with Crippen LogP contribution in [0, 0.1) is 0 Å². The number of carbonyl (C=O) groups excluding carboxylic acids is 1. The van der Waals surface area contributed by atoms with E-state index in [2.05, 4.69) is 4.98 Å². The van der Waals surface area contributed by atoms with Crippen LogP contribution >= 0.6 is 0 Å². The summed E-state index contributed by atoms with van der Waals surface area (Å²) in [4.78, 5) is 20.5. The van der Waals surface area contributed by atoms with Gasteiger partial charge in [0.15, 0.2) is 15.6 Å². The number of aromatic nitrogens is 2. The van der Waals surface area contributed by atoms with E-state index in [-0.39, 0.29) is 35.3 Å². The highest BCUT2D eigenvalue weighted by Crippen LogP contribution is 2.27. The third-order valence-electron chi connectivity index (χ3n) is 4.98. The van der Waals surface area contributed by atoms with Crippen molar-refractivity contribution in [2.45, 2.75) is 18.6 Å². The summed E-state index contributed by atoms with van der Waals surface area (Å²) in [5.74, 6) is 0.809. The fraction of sp³-hybridized carbons (Fsp3) is 0.500. The first-order chi connectivity index (χ1) is 11.9. The van der Waals surface area contributed by atoms with E-state index in [4.69, 9.17) is 4.42 Å². The molecule has 0 spiro atoms. The van der Waals surface area contributed by atoms with Crippen LogP contribution in [-0.4, -0.2) is 77.4 Å². The van der Waals surface area contributed by atoms with E-state index in [9.17, 15) is 13.2 Å². The van der Waals surface area contributed by atoms with Crippen molar-refractivity contribution < 1.29 is 17.6 Å². The predicted molar refractivity (Wildman–Crippen MR) is 89.9 cm³/mol. The first-order valence-electron chi connectivity index (χ1n) is 8.19. The van der Waals surface area contributed by atoms with Crippen LogP contribution in [-0.2, 0) is 16.4 Å². The number of amides is 1. The Labute approximate surface area is 146 Å². The molecule has 2 aromatic heterocycles. The van der Waals surface area contributed by atoms with Crippen molar-refractivity contribution >= 4 is 15.7 Å². The van der Waals surface area contributed by atoms with Gasteiger partial charge in [-0.3, -0.25) is 9.69 Å². The molecule has 134 valence electrons. The zero-order chi connectivity index (χ0) is 17.6. The molecule has 9 heteroatoms. The van der Waals surface area contributed by atoms with Gasteiger partial charge in [-0.25, -0.2) is 13.4 Å². The fourth-order valence-electron chi connectivity index (χ4n) is 3.66. The van der Waals surface area contributed by atoms with Gasteiger partial charge >= 0.3 is 0 Å². The van der Waals surface area contributed by atoms with Gasteiger partial charge in [0.05, 0.1) is 30.4 Å². The highest BCUT2D eigenvalue weighted by molar-refractivity contribution is 7.91. The minimum absolute atomic E-state index is 0.0242. The smallest absolute Gasteiger partial charge is 0.289 e. The average molecular weight is 364 g/mol. The highest BCUT2D eigenvalue weighted by Gasteiger charge is 2.47.